The second-order valence-corrected chi connectivity index (χ2v) is 5.76. The molecular weight excluding hydrogens is 132 g/mol. The summed E-state index contributed by atoms with van der Waals surface area (Å²) in [5.74, 6) is 2.31. The van der Waals surface area contributed by atoms with Crippen LogP contribution >= 0.6 is 0 Å². The molecule has 6 aliphatic carbocycles. The van der Waals surface area contributed by atoms with Crippen LogP contribution in [-0.4, -0.2) is 0 Å². The molecule has 4 unspecified atom stereocenters. The zero-order valence-electron chi connectivity index (χ0n) is 6.69. The maximum Gasteiger partial charge on any atom is -0.00110 e. The minimum atomic E-state index is 0.873. The van der Waals surface area contributed by atoms with Gasteiger partial charge in [-0.15, -0.1) is 0 Å². The van der Waals surface area contributed by atoms with Gasteiger partial charge in [-0.1, -0.05) is 11.1 Å². The van der Waals surface area contributed by atoms with Gasteiger partial charge in [0.15, 0.2) is 0 Å². The Balaban J connectivity index is 2.07. The van der Waals surface area contributed by atoms with E-state index < -0.39 is 0 Å². The summed E-state index contributed by atoms with van der Waals surface area (Å²) in [6.45, 7) is 0. The molecule has 0 radical (unpaired) electrons. The van der Waals surface area contributed by atoms with Crippen molar-refractivity contribution >= 4 is 0 Å². The number of hydrogen-bond acceptors (Lipinski definition) is 0. The smallest absolute Gasteiger partial charge is 0.00110 e. The molecule has 6 rings (SSSR count). The molecule has 6 aliphatic rings. The highest BCUT2D eigenvalue weighted by Gasteiger charge is 2.80. The van der Waals surface area contributed by atoms with Gasteiger partial charge in [0.05, 0.1) is 0 Å². The molecule has 4 saturated carbocycles. The molecule has 0 saturated heterocycles. The molecule has 0 nitrogen and oxygen atoms in total. The number of rotatable bonds is 0. The predicted molar refractivity (Wildman–Crippen MR) is 42.0 cm³/mol. The average Bonchev–Trinajstić information content (AvgIpc) is 2.51. The van der Waals surface area contributed by atoms with Crippen LogP contribution in [0.15, 0.2) is 11.1 Å². The Bertz CT molecular complexity index is 338. The van der Waals surface area contributed by atoms with Gasteiger partial charge < -0.3 is 0 Å². The van der Waals surface area contributed by atoms with E-state index >= 15 is 0 Å². The number of hydrogen-bond donors (Lipinski definition) is 0. The van der Waals surface area contributed by atoms with Crippen LogP contribution in [-0.2, 0) is 0 Å². The molecule has 0 heterocycles. The predicted octanol–water partition coefficient (Wildman–Crippen LogP) is 2.51. The van der Waals surface area contributed by atoms with Gasteiger partial charge in [0, 0.05) is 0 Å². The summed E-state index contributed by atoms with van der Waals surface area (Å²) in [4.78, 5) is 0. The molecule has 0 heteroatoms. The highest BCUT2D eigenvalue weighted by Crippen LogP contribution is 2.90. The largest absolute Gasteiger partial charge is 0.0687 e. The van der Waals surface area contributed by atoms with E-state index in [1.54, 1.807) is 32.1 Å². The summed E-state index contributed by atoms with van der Waals surface area (Å²) in [6, 6.07) is 0. The normalized spacial score (nSPS) is 72.0. The fourth-order valence-corrected chi connectivity index (χ4v) is 5.84. The third-order valence-corrected chi connectivity index (χ3v) is 5.72. The lowest BCUT2D eigenvalue weighted by Crippen LogP contribution is -2.32. The summed E-state index contributed by atoms with van der Waals surface area (Å²) in [5.41, 5.74) is 5.72. The van der Waals surface area contributed by atoms with Crippen LogP contribution in [0.25, 0.3) is 0 Å². The van der Waals surface area contributed by atoms with Gasteiger partial charge in [0.1, 0.15) is 0 Å². The van der Waals surface area contributed by atoms with Gasteiger partial charge in [0.25, 0.3) is 0 Å². The van der Waals surface area contributed by atoms with E-state index in [-0.39, 0.29) is 0 Å². The minimum Gasteiger partial charge on any atom is -0.0687 e. The first-order chi connectivity index (χ1) is 5.34. The maximum absolute atomic E-state index is 2.02. The molecule has 0 aromatic carbocycles. The third kappa shape index (κ3) is 0.227. The summed E-state index contributed by atoms with van der Waals surface area (Å²) in [5, 5.41) is 0. The Hall–Kier alpha value is -0.260. The standard InChI is InChI=1S/C11H12/c1-7-4-10-2-6-3-11(7,5-10)9(6)8(1)10/h7-8H,1-5H2. The van der Waals surface area contributed by atoms with Gasteiger partial charge >= 0.3 is 0 Å². The van der Waals surface area contributed by atoms with Crippen molar-refractivity contribution in [1.29, 1.82) is 0 Å². The number of allylic oxidation sites excluding steroid dienone is 2. The van der Waals surface area contributed by atoms with Crippen LogP contribution in [0.2, 0.25) is 0 Å². The molecular formula is C11H12. The molecule has 2 spiro atoms. The van der Waals surface area contributed by atoms with Crippen LogP contribution in [0.4, 0.5) is 0 Å². The minimum absolute atomic E-state index is 0.873. The van der Waals surface area contributed by atoms with Crippen molar-refractivity contribution < 1.29 is 0 Å². The fourth-order valence-electron chi connectivity index (χ4n) is 5.84. The molecule has 5 bridgehead atoms. The Morgan fingerprint density at radius 2 is 2.27 bits per heavy atom. The Kier molecular flexibility index (Phi) is 0.384. The molecule has 0 aromatic rings. The van der Waals surface area contributed by atoms with Crippen LogP contribution in [0.1, 0.15) is 32.1 Å². The van der Waals surface area contributed by atoms with Crippen molar-refractivity contribution in [2.45, 2.75) is 32.1 Å². The zero-order valence-corrected chi connectivity index (χ0v) is 6.69. The second-order valence-electron chi connectivity index (χ2n) is 5.76. The van der Waals surface area contributed by atoms with Crippen molar-refractivity contribution in [1.82, 2.24) is 0 Å². The molecule has 0 amide bonds. The SMILES string of the molecule is C1C2C3=C4CC25CC1C3(C4)C5. The fraction of sp³-hybridized carbons (Fsp3) is 0.818. The quantitative estimate of drug-likeness (QED) is 0.458. The molecule has 4 fully saturated rings. The van der Waals surface area contributed by atoms with Crippen LogP contribution in [0.3, 0.4) is 0 Å². The van der Waals surface area contributed by atoms with Crippen LogP contribution in [0.5, 0.6) is 0 Å². The van der Waals surface area contributed by atoms with E-state index in [9.17, 15) is 0 Å². The van der Waals surface area contributed by atoms with Crippen LogP contribution < -0.4 is 0 Å². The topological polar surface area (TPSA) is 0 Å². The molecule has 4 atom stereocenters. The first-order valence-electron chi connectivity index (χ1n) is 5.07. The Morgan fingerprint density at radius 3 is 2.91 bits per heavy atom. The highest BCUT2D eigenvalue weighted by atomic mass is 14.8. The summed E-state index contributed by atoms with van der Waals surface area (Å²) < 4.78 is 0. The molecule has 0 aliphatic heterocycles. The van der Waals surface area contributed by atoms with E-state index in [0.29, 0.717) is 0 Å². The van der Waals surface area contributed by atoms with Crippen LogP contribution in [0, 0.1) is 22.7 Å². The maximum atomic E-state index is 2.02. The average molecular weight is 144 g/mol. The van der Waals surface area contributed by atoms with Gasteiger partial charge in [0.2, 0.25) is 0 Å². The van der Waals surface area contributed by atoms with E-state index in [1.165, 1.54) is 5.92 Å². The van der Waals surface area contributed by atoms with E-state index in [2.05, 4.69) is 0 Å². The van der Waals surface area contributed by atoms with Crippen molar-refractivity contribution in [2.24, 2.45) is 22.7 Å². The lowest BCUT2D eigenvalue weighted by Gasteiger charge is -2.43. The summed E-state index contributed by atoms with van der Waals surface area (Å²) in [7, 11) is 0. The second kappa shape index (κ2) is 0.901. The summed E-state index contributed by atoms with van der Waals surface area (Å²) in [6.07, 6.45) is 7.97. The highest BCUT2D eigenvalue weighted by molar-refractivity contribution is 5.56. The lowest BCUT2D eigenvalue weighted by molar-refractivity contribution is 0.185. The lowest BCUT2D eigenvalue weighted by atomic mass is 9.61. The zero-order chi connectivity index (χ0) is 6.84. The Labute approximate surface area is 66.7 Å². The summed E-state index contributed by atoms with van der Waals surface area (Å²) >= 11 is 0. The van der Waals surface area contributed by atoms with Gasteiger partial charge in [-0.3, -0.25) is 0 Å². The van der Waals surface area contributed by atoms with Crippen molar-refractivity contribution in [3.63, 3.8) is 0 Å². The van der Waals surface area contributed by atoms with Gasteiger partial charge in [-0.25, -0.2) is 0 Å². The molecule has 11 heavy (non-hydrogen) atoms. The monoisotopic (exact) mass is 144 g/mol. The first kappa shape index (κ1) is 4.69. The van der Waals surface area contributed by atoms with Crippen molar-refractivity contribution in [3.05, 3.63) is 11.1 Å². The van der Waals surface area contributed by atoms with Gasteiger partial charge in [-0.05, 0) is 54.8 Å². The third-order valence-electron chi connectivity index (χ3n) is 5.72. The molecule has 0 N–H and O–H groups in total. The Morgan fingerprint density at radius 1 is 1.27 bits per heavy atom. The molecule has 0 aromatic heterocycles. The van der Waals surface area contributed by atoms with E-state index in [4.69, 9.17) is 0 Å². The van der Waals surface area contributed by atoms with E-state index in [0.717, 1.165) is 16.7 Å². The van der Waals surface area contributed by atoms with Crippen molar-refractivity contribution in [2.75, 3.05) is 0 Å². The van der Waals surface area contributed by atoms with E-state index in [1.807, 2.05) is 11.1 Å². The molecule has 56 valence electrons. The van der Waals surface area contributed by atoms with Crippen molar-refractivity contribution in [3.8, 4) is 0 Å². The first-order valence-corrected chi connectivity index (χ1v) is 5.07. The van der Waals surface area contributed by atoms with Gasteiger partial charge in [-0.2, -0.15) is 0 Å².